The van der Waals surface area contributed by atoms with Gasteiger partial charge in [-0.3, -0.25) is 0 Å². The number of hydrogen-bond donors (Lipinski definition) is 2. The largest absolute Gasteiger partial charge is 0.396 e. The summed E-state index contributed by atoms with van der Waals surface area (Å²) in [6.07, 6.45) is 0.633. The van der Waals surface area contributed by atoms with Crippen LogP contribution >= 0.6 is 11.3 Å². The fraction of sp³-hybridized carbons (Fsp3) is 0.667. The van der Waals surface area contributed by atoms with Gasteiger partial charge in [0.25, 0.3) is 0 Å². The average molecular weight is 216 g/mol. The molecule has 4 nitrogen and oxygen atoms in total. The predicted octanol–water partition coefficient (Wildman–Crippen LogP) is 1.04. The summed E-state index contributed by atoms with van der Waals surface area (Å²) >= 11 is 1.62. The zero-order chi connectivity index (χ0) is 10.4. The van der Waals surface area contributed by atoms with Crippen LogP contribution in [0.5, 0.6) is 0 Å². The SMILES string of the molecule is COCCNc1nc(CCO)c(C)s1. The van der Waals surface area contributed by atoms with Gasteiger partial charge in [0.05, 0.1) is 12.3 Å². The third-order valence-electron chi connectivity index (χ3n) is 1.82. The summed E-state index contributed by atoms with van der Waals surface area (Å²) in [5, 5.41) is 12.9. The number of rotatable bonds is 6. The molecule has 1 heterocycles. The summed E-state index contributed by atoms with van der Waals surface area (Å²) in [7, 11) is 1.67. The molecule has 0 bridgehead atoms. The van der Waals surface area contributed by atoms with Crippen LogP contribution in [0.3, 0.4) is 0 Å². The molecule has 0 saturated carbocycles. The van der Waals surface area contributed by atoms with Gasteiger partial charge in [-0.15, -0.1) is 11.3 Å². The van der Waals surface area contributed by atoms with Crippen LogP contribution in [0, 0.1) is 6.92 Å². The van der Waals surface area contributed by atoms with E-state index in [0.717, 1.165) is 17.4 Å². The first-order valence-corrected chi connectivity index (χ1v) is 5.39. The molecule has 0 radical (unpaired) electrons. The second-order valence-corrected chi connectivity index (χ2v) is 4.12. The molecule has 0 aliphatic rings. The highest BCUT2D eigenvalue weighted by Gasteiger charge is 2.05. The van der Waals surface area contributed by atoms with Crippen molar-refractivity contribution in [3.8, 4) is 0 Å². The Morgan fingerprint density at radius 2 is 2.36 bits per heavy atom. The quantitative estimate of drug-likeness (QED) is 0.698. The number of aliphatic hydroxyl groups is 1. The number of nitrogens with zero attached hydrogens (tertiary/aromatic N) is 1. The smallest absolute Gasteiger partial charge is 0.183 e. The third kappa shape index (κ3) is 3.25. The Balaban J connectivity index is 2.48. The molecule has 14 heavy (non-hydrogen) atoms. The van der Waals surface area contributed by atoms with Crippen LogP contribution in [0.2, 0.25) is 0 Å². The van der Waals surface area contributed by atoms with Crippen molar-refractivity contribution in [2.75, 3.05) is 32.2 Å². The zero-order valence-corrected chi connectivity index (χ0v) is 9.36. The maximum absolute atomic E-state index is 8.79. The van der Waals surface area contributed by atoms with Gasteiger partial charge in [0.1, 0.15) is 0 Å². The van der Waals surface area contributed by atoms with Crippen LogP contribution in [0.15, 0.2) is 0 Å². The number of aromatic nitrogens is 1. The van der Waals surface area contributed by atoms with E-state index in [1.807, 2.05) is 6.92 Å². The number of aliphatic hydroxyl groups excluding tert-OH is 1. The molecule has 2 N–H and O–H groups in total. The Kier molecular flexibility index (Phi) is 4.86. The van der Waals surface area contributed by atoms with Crippen molar-refractivity contribution in [3.05, 3.63) is 10.6 Å². The first-order chi connectivity index (χ1) is 6.77. The number of nitrogens with one attached hydrogen (secondary N) is 1. The molecule has 0 saturated heterocycles. The van der Waals surface area contributed by atoms with E-state index in [-0.39, 0.29) is 6.61 Å². The second-order valence-electron chi connectivity index (χ2n) is 2.92. The van der Waals surface area contributed by atoms with E-state index in [4.69, 9.17) is 9.84 Å². The standard InChI is InChI=1S/C9H16N2O2S/c1-7-8(3-5-12)11-9(14-7)10-4-6-13-2/h12H,3-6H2,1-2H3,(H,10,11). The first kappa shape index (κ1) is 11.4. The van der Waals surface area contributed by atoms with Gasteiger partial charge < -0.3 is 15.2 Å². The van der Waals surface area contributed by atoms with E-state index in [1.54, 1.807) is 18.4 Å². The molecular formula is C9H16N2O2S. The lowest BCUT2D eigenvalue weighted by atomic mass is 10.3. The Morgan fingerprint density at radius 1 is 1.57 bits per heavy atom. The van der Waals surface area contributed by atoms with Crippen LogP contribution in [0.4, 0.5) is 5.13 Å². The molecule has 1 rings (SSSR count). The molecule has 80 valence electrons. The molecule has 1 aromatic rings. The molecule has 0 atom stereocenters. The minimum absolute atomic E-state index is 0.155. The number of ether oxygens (including phenoxy) is 1. The van der Waals surface area contributed by atoms with Gasteiger partial charge in [0, 0.05) is 31.6 Å². The van der Waals surface area contributed by atoms with Crippen molar-refractivity contribution in [2.45, 2.75) is 13.3 Å². The van der Waals surface area contributed by atoms with Crippen molar-refractivity contribution in [1.29, 1.82) is 0 Å². The fourth-order valence-electron chi connectivity index (χ4n) is 1.10. The number of aryl methyl sites for hydroxylation is 1. The summed E-state index contributed by atoms with van der Waals surface area (Å²) in [6, 6.07) is 0. The van der Waals surface area contributed by atoms with Crippen molar-refractivity contribution in [3.63, 3.8) is 0 Å². The van der Waals surface area contributed by atoms with Crippen molar-refractivity contribution in [1.82, 2.24) is 4.98 Å². The Labute approximate surface area is 87.9 Å². The maximum atomic E-state index is 8.79. The molecule has 0 aromatic carbocycles. The number of anilines is 1. The lowest BCUT2D eigenvalue weighted by molar-refractivity contribution is 0.211. The third-order valence-corrected chi connectivity index (χ3v) is 2.79. The lowest BCUT2D eigenvalue weighted by Crippen LogP contribution is -2.07. The molecule has 0 fully saturated rings. The fourth-order valence-corrected chi connectivity index (χ4v) is 1.99. The summed E-state index contributed by atoms with van der Waals surface area (Å²) in [4.78, 5) is 5.53. The summed E-state index contributed by atoms with van der Waals surface area (Å²) < 4.78 is 4.92. The van der Waals surface area contributed by atoms with Crippen LogP contribution in [-0.2, 0) is 11.2 Å². The molecular weight excluding hydrogens is 200 g/mol. The summed E-state index contributed by atoms with van der Waals surface area (Å²) in [5.74, 6) is 0. The van der Waals surface area contributed by atoms with E-state index in [9.17, 15) is 0 Å². The number of hydrogen-bond acceptors (Lipinski definition) is 5. The minimum atomic E-state index is 0.155. The average Bonchev–Trinajstić information content (AvgIpc) is 2.49. The molecule has 5 heteroatoms. The Morgan fingerprint density at radius 3 is 3.00 bits per heavy atom. The zero-order valence-electron chi connectivity index (χ0n) is 8.54. The maximum Gasteiger partial charge on any atom is 0.183 e. The highest BCUT2D eigenvalue weighted by Crippen LogP contribution is 2.21. The molecule has 0 amide bonds. The van der Waals surface area contributed by atoms with Gasteiger partial charge in [-0.2, -0.15) is 0 Å². The lowest BCUT2D eigenvalue weighted by Gasteiger charge is -1.99. The van der Waals surface area contributed by atoms with Gasteiger partial charge in [0.2, 0.25) is 0 Å². The summed E-state index contributed by atoms with van der Waals surface area (Å²) in [6.45, 7) is 3.61. The van der Waals surface area contributed by atoms with Crippen LogP contribution in [-0.4, -0.2) is 37.0 Å². The van der Waals surface area contributed by atoms with Gasteiger partial charge in [-0.05, 0) is 6.92 Å². The van der Waals surface area contributed by atoms with Crippen LogP contribution < -0.4 is 5.32 Å². The molecule has 0 aliphatic heterocycles. The monoisotopic (exact) mass is 216 g/mol. The minimum Gasteiger partial charge on any atom is -0.396 e. The van der Waals surface area contributed by atoms with Gasteiger partial charge in [-0.1, -0.05) is 0 Å². The van der Waals surface area contributed by atoms with Crippen molar-refractivity contribution in [2.24, 2.45) is 0 Å². The van der Waals surface area contributed by atoms with Crippen LogP contribution in [0.25, 0.3) is 0 Å². The van der Waals surface area contributed by atoms with Crippen molar-refractivity contribution >= 4 is 16.5 Å². The van der Waals surface area contributed by atoms with Crippen LogP contribution in [0.1, 0.15) is 10.6 Å². The molecule has 0 unspecified atom stereocenters. The van der Waals surface area contributed by atoms with E-state index in [1.165, 1.54) is 4.88 Å². The highest BCUT2D eigenvalue weighted by atomic mass is 32.1. The van der Waals surface area contributed by atoms with E-state index in [2.05, 4.69) is 10.3 Å². The summed E-state index contributed by atoms with van der Waals surface area (Å²) in [5.41, 5.74) is 0.984. The molecule has 0 aliphatic carbocycles. The molecule has 1 aromatic heterocycles. The molecule has 0 spiro atoms. The van der Waals surface area contributed by atoms with Gasteiger partial charge >= 0.3 is 0 Å². The Bertz CT molecular complexity index is 276. The van der Waals surface area contributed by atoms with Gasteiger partial charge in [-0.25, -0.2) is 4.98 Å². The number of methoxy groups -OCH3 is 1. The van der Waals surface area contributed by atoms with Crippen molar-refractivity contribution < 1.29 is 9.84 Å². The predicted molar refractivity (Wildman–Crippen MR) is 58.0 cm³/mol. The Hall–Kier alpha value is -0.650. The number of thiazole rings is 1. The van der Waals surface area contributed by atoms with E-state index in [0.29, 0.717) is 13.0 Å². The topological polar surface area (TPSA) is 54.4 Å². The first-order valence-electron chi connectivity index (χ1n) is 4.58. The van der Waals surface area contributed by atoms with E-state index < -0.39 is 0 Å². The van der Waals surface area contributed by atoms with Gasteiger partial charge in [0.15, 0.2) is 5.13 Å². The highest BCUT2D eigenvalue weighted by molar-refractivity contribution is 7.15. The normalized spacial score (nSPS) is 10.5. The van der Waals surface area contributed by atoms with E-state index >= 15 is 0 Å². The second kappa shape index (κ2) is 5.95.